The van der Waals surface area contributed by atoms with Crippen LogP contribution < -0.4 is 0 Å². The van der Waals surface area contributed by atoms with Crippen LogP contribution in [0.3, 0.4) is 0 Å². The molecule has 2 aliphatic carbocycles. The van der Waals surface area contributed by atoms with E-state index < -0.39 is 16.5 Å². The van der Waals surface area contributed by atoms with Crippen LogP contribution in [0, 0.1) is 12.2 Å². The van der Waals surface area contributed by atoms with Crippen molar-refractivity contribution in [1.82, 2.24) is 0 Å². The second kappa shape index (κ2) is 18.7. The van der Waals surface area contributed by atoms with Crippen molar-refractivity contribution in [3.05, 3.63) is 24.3 Å². The van der Waals surface area contributed by atoms with Gasteiger partial charge in [-0.1, -0.05) is 64.2 Å². The van der Waals surface area contributed by atoms with Crippen LogP contribution in [0.15, 0.2) is 12.2 Å². The van der Waals surface area contributed by atoms with Crippen LogP contribution in [-0.4, -0.2) is 0 Å². The molecule has 0 bridgehead atoms. The van der Waals surface area contributed by atoms with Crippen molar-refractivity contribution in [2.24, 2.45) is 0 Å². The molecule has 2 rings (SSSR count). The van der Waals surface area contributed by atoms with Gasteiger partial charge in [-0.2, -0.15) is 12.8 Å². The van der Waals surface area contributed by atoms with Gasteiger partial charge in [0.1, 0.15) is 0 Å². The Hall–Kier alpha value is 0.748. The predicted octanol–water partition coefficient (Wildman–Crippen LogP) is 6.78. The van der Waals surface area contributed by atoms with Gasteiger partial charge in [-0.05, 0) is 0 Å². The molecule has 19 heavy (non-hydrogen) atoms. The fourth-order valence-corrected chi connectivity index (χ4v) is 2.06. The topological polar surface area (TPSA) is 0 Å². The van der Waals surface area contributed by atoms with E-state index in [1.807, 2.05) is 0 Å². The van der Waals surface area contributed by atoms with Gasteiger partial charge in [0, 0.05) is 0 Å². The number of rotatable bonds is 0. The molecule has 0 fully saturated rings. The first-order valence-electron chi connectivity index (χ1n) is 7.34. The minimum atomic E-state index is -0.472. The summed E-state index contributed by atoms with van der Waals surface area (Å²) < 4.78 is 0. The molecule has 0 aromatic heterocycles. The average molecular weight is 484 g/mol. The zero-order chi connectivity index (χ0) is 14.0. The fourth-order valence-electron chi connectivity index (χ4n) is 2.06. The van der Waals surface area contributed by atoms with Crippen LogP contribution in [0.25, 0.3) is 0 Å². The summed E-state index contributed by atoms with van der Waals surface area (Å²) in [6.07, 6.45) is 27.0. The first-order chi connectivity index (χ1) is 9.41. The van der Waals surface area contributed by atoms with Crippen molar-refractivity contribution >= 4 is 18.8 Å². The molecule has 0 aliphatic heterocycles. The van der Waals surface area contributed by atoms with Gasteiger partial charge in [-0.3, -0.25) is 12.2 Å². The summed E-state index contributed by atoms with van der Waals surface area (Å²) in [6.45, 7) is 0. The summed E-state index contributed by atoms with van der Waals surface area (Å²) >= 11 is -0.472. The number of allylic oxidation sites excluding steroid dienone is 4. The van der Waals surface area contributed by atoms with Gasteiger partial charge in [0.2, 0.25) is 0 Å². The average Bonchev–Trinajstić information content (AvgIpc) is 2.28. The van der Waals surface area contributed by atoms with E-state index in [1.165, 1.54) is 77.0 Å². The monoisotopic (exact) mass is 483 g/mol. The molecule has 0 nitrogen and oxygen atoms in total. The molecule has 0 heterocycles. The Kier molecular flexibility index (Phi) is 19.5. The van der Waals surface area contributed by atoms with Crippen molar-refractivity contribution in [1.29, 1.82) is 0 Å². The summed E-state index contributed by atoms with van der Waals surface area (Å²) in [7, 11) is 9.75. The van der Waals surface area contributed by atoms with Gasteiger partial charge in [0.15, 0.2) is 0 Å². The maximum absolute atomic E-state index is 4.88. The molecule has 0 aromatic carbocycles. The van der Waals surface area contributed by atoms with E-state index in [4.69, 9.17) is 18.8 Å². The van der Waals surface area contributed by atoms with E-state index in [0.717, 1.165) is 0 Å². The van der Waals surface area contributed by atoms with Crippen LogP contribution in [0.2, 0.25) is 0 Å². The van der Waals surface area contributed by atoms with E-state index in [1.54, 1.807) is 0 Å². The van der Waals surface area contributed by atoms with Crippen LogP contribution in [0.1, 0.15) is 77.0 Å². The molecule has 0 aromatic rings. The third-order valence-electron chi connectivity index (χ3n) is 3.13. The Morgan fingerprint density at radius 2 is 1.00 bits per heavy atom. The van der Waals surface area contributed by atoms with Gasteiger partial charge >= 0.3 is 35.3 Å². The Balaban J connectivity index is 0.000000284. The standard InChI is InChI=1S/2C8H13.2ClH.Pt/c2*1-2-4-6-8-7-5-3-1;;;/h2*1H,2,4-8H2;2*1H;/q2*-1;;;+4/p-2. The van der Waals surface area contributed by atoms with Crippen molar-refractivity contribution in [3.63, 3.8) is 0 Å². The van der Waals surface area contributed by atoms with Crippen LogP contribution in [0.5, 0.6) is 0 Å². The summed E-state index contributed by atoms with van der Waals surface area (Å²) in [6, 6.07) is 0. The molecule has 0 N–H and O–H groups in total. The Morgan fingerprint density at radius 3 is 1.42 bits per heavy atom. The van der Waals surface area contributed by atoms with Gasteiger partial charge in [-0.15, -0.1) is 0 Å². The molecule has 114 valence electrons. The summed E-state index contributed by atoms with van der Waals surface area (Å²) in [5.41, 5.74) is 0. The summed E-state index contributed by atoms with van der Waals surface area (Å²) in [4.78, 5) is 0. The normalized spacial score (nSPS) is 19.7. The molecule has 0 saturated carbocycles. The fraction of sp³-hybridized carbons (Fsp3) is 0.750. The zero-order valence-electron chi connectivity index (χ0n) is 11.7. The molecule has 0 saturated heterocycles. The van der Waals surface area contributed by atoms with E-state index in [9.17, 15) is 0 Å². The van der Waals surface area contributed by atoms with Crippen molar-refractivity contribution in [2.75, 3.05) is 0 Å². The van der Waals surface area contributed by atoms with E-state index >= 15 is 0 Å². The SMILES string of the molecule is [C-]1=CCCCCCC1.[C-]1=CCCCCCC1.[Cl][Pt+2][Cl]. The van der Waals surface area contributed by atoms with Crippen molar-refractivity contribution in [3.8, 4) is 0 Å². The van der Waals surface area contributed by atoms with Crippen LogP contribution >= 0.6 is 18.8 Å². The second-order valence-corrected chi connectivity index (χ2v) is 8.05. The number of hydrogen-bond acceptors (Lipinski definition) is 0. The number of hydrogen-bond donors (Lipinski definition) is 0. The van der Waals surface area contributed by atoms with Gasteiger partial charge in [0.25, 0.3) is 0 Å². The van der Waals surface area contributed by atoms with Gasteiger partial charge in [0.05, 0.1) is 0 Å². The first-order valence-corrected chi connectivity index (χ1v) is 13.0. The first kappa shape index (κ1) is 19.7. The second-order valence-electron chi connectivity index (χ2n) is 4.77. The molecular formula is C16H26Cl2Pt. The van der Waals surface area contributed by atoms with Crippen molar-refractivity contribution < 1.29 is 16.5 Å². The Bertz CT molecular complexity index is 173. The quantitative estimate of drug-likeness (QED) is 0.333. The molecule has 0 radical (unpaired) electrons. The molecule has 3 heteroatoms. The van der Waals surface area contributed by atoms with Crippen LogP contribution in [0.4, 0.5) is 0 Å². The molecular weight excluding hydrogens is 458 g/mol. The molecule has 0 atom stereocenters. The third kappa shape index (κ3) is 18.7. The van der Waals surface area contributed by atoms with E-state index in [2.05, 4.69) is 24.3 Å². The molecule has 0 amide bonds. The van der Waals surface area contributed by atoms with Gasteiger partial charge in [-0.25, -0.2) is 0 Å². The Labute approximate surface area is 136 Å². The summed E-state index contributed by atoms with van der Waals surface area (Å²) in [5.74, 6) is 0. The van der Waals surface area contributed by atoms with E-state index in [-0.39, 0.29) is 0 Å². The summed E-state index contributed by atoms with van der Waals surface area (Å²) in [5, 5.41) is 0. The number of halogens is 2. The minimum absolute atomic E-state index is 0.472. The third-order valence-corrected chi connectivity index (χ3v) is 3.13. The van der Waals surface area contributed by atoms with Crippen LogP contribution in [-0.2, 0) is 16.5 Å². The zero-order valence-corrected chi connectivity index (χ0v) is 15.5. The van der Waals surface area contributed by atoms with E-state index in [0.29, 0.717) is 0 Å². The molecule has 0 spiro atoms. The Morgan fingerprint density at radius 1 is 0.632 bits per heavy atom. The predicted molar refractivity (Wildman–Crippen MR) is 82.7 cm³/mol. The maximum atomic E-state index is 4.88. The molecule has 0 unspecified atom stereocenters. The van der Waals surface area contributed by atoms with Crippen molar-refractivity contribution in [2.45, 2.75) is 77.0 Å². The van der Waals surface area contributed by atoms with Gasteiger partial charge < -0.3 is 12.2 Å². The molecule has 2 aliphatic rings.